The molecule has 0 aromatic heterocycles. The SMILES string of the molecule is CC(C)(C)N1C(=O)c2ccc(NC(=O)NCCCNC=O)cc2C1=O. The predicted molar refractivity (Wildman–Crippen MR) is 92.4 cm³/mol. The number of hydrogen-bond donors (Lipinski definition) is 3. The van der Waals surface area contributed by atoms with Crippen molar-refractivity contribution in [3.05, 3.63) is 29.3 Å². The lowest BCUT2D eigenvalue weighted by atomic mass is 10.1. The topological polar surface area (TPSA) is 108 Å². The molecule has 25 heavy (non-hydrogen) atoms. The standard InChI is InChI=1S/C17H22N4O4/c1-17(2,3)21-14(23)12-6-5-11(9-13(12)15(21)24)20-16(25)19-8-4-7-18-10-22/h5-6,9-10H,4,7-8H2,1-3H3,(H,18,22)(H2,19,20,25). The summed E-state index contributed by atoms with van der Waals surface area (Å²) in [5, 5.41) is 7.77. The highest BCUT2D eigenvalue weighted by molar-refractivity contribution is 6.22. The number of amides is 5. The van der Waals surface area contributed by atoms with E-state index in [1.54, 1.807) is 32.9 Å². The van der Waals surface area contributed by atoms with Crippen molar-refractivity contribution in [3.8, 4) is 0 Å². The smallest absolute Gasteiger partial charge is 0.319 e. The quantitative estimate of drug-likeness (QED) is 0.410. The van der Waals surface area contributed by atoms with Crippen LogP contribution in [-0.2, 0) is 4.79 Å². The Hall–Kier alpha value is -2.90. The molecule has 0 bridgehead atoms. The second-order valence-electron chi connectivity index (χ2n) is 6.68. The van der Waals surface area contributed by atoms with Crippen LogP contribution in [0, 0.1) is 0 Å². The molecular formula is C17H22N4O4. The van der Waals surface area contributed by atoms with Gasteiger partial charge in [-0.2, -0.15) is 0 Å². The first-order chi connectivity index (χ1) is 11.8. The number of carbonyl (C=O) groups is 4. The molecule has 8 heteroatoms. The maximum atomic E-state index is 12.5. The number of anilines is 1. The molecule has 8 nitrogen and oxygen atoms in total. The van der Waals surface area contributed by atoms with Gasteiger partial charge in [-0.1, -0.05) is 0 Å². The van der Waals surface area contributed by atoms with E-state index in [0.717, 1.165) is 0 Å². The molecule has 0 spiro atoms. The van der Waals surface area contributed by atoms with Crippen LogP contribution in [0.3, 0.4) is 0 Å². The third-order valence-corrected chi connectivity index (χ3v) is 3.68. The number of carbonyl (C=O) groups excluding carboxylic acids is 4. The first-order valence-electron chi connectivity index (χ1n) is 8.00. The number of nitrogens with one attached hydrogen (secondary N) is 3. The molecule has 0 saturated carbocycles. The third-order valence-electron chi connectivity index (χ3n) is 3.68. The van der Waals surface area contributed by atoms with Crippen molar-refractivity contribution in [2.45, 2.75) is 32.7 Å². The number of rotatable bonds is 6. The minimum atomic E-state index is -0.617. The Morgan fingerprint density at radius 2 is 1.80 bits per heavy atom. The maximum absolute atomic E-state index is 12.5. The summed E-state index contributed by atoms with van der Waals surface area (Å²) in [6.07, 6.45) is 1.20. The zero-order valence-electron chi connectivity index (χ0n) is 14.5. The van der Waals surface area contributed by atoms with Crippen LogP contribution in [0.4, 0.5) is 10.5 Å². The first-order valence-corrected chi connectivity index (χ1v) is 8.00. The molecule has 134 valence electrons. The Balaban J connectivity index is 2.02. The number of hydrogen-bond acceptors (Lipinski definition) is 4. The minimum absolute atomic E-state index is 0.285. The Morgan fingerprint density at radius 3 is 2.44 bits per heavy atom. The van der Waals surface area contributed by atoms with Gasteiger partial charge in [-0.25, -0.2) is 4.79 Å². The van der Waals surface area contributed by atoms with Crippen LogP contribution in [0.2, 0.25) is 0 Å². The fourth-order valence-electron chi connectivity index (χ4n) is 2.55. The fraction of sp³-hybridized carbons (Fsp3) is 0.412. The lowest BCUT2D eigenvalue weighted by Gasteiger charge is -2.29. The van der Waals surface area contributed by atoms with Gasteiger partial charge in [-0.05, 0) is 45.4 Å². The van der Waals surface area contributed by atoms with Crippen molar-refractivity contribution in [2.75, 3.05) is 18.4 Å². The molecule has 0 atom stereocenters. The second kappa shape index (κ2) is 7.33. The van der Waals surface area contributed by atoms with Crippen LogP contribution in [0.5, 0.6) is 0 Å². The molecule has 2 rings (SSSR count). The summed E-state index contributed by atoms with van der Waals surface area (Å²) in [4.78, 5) is 48.1. The highest BCUT2D eigenvalue weighted by atomic mass is 16.2. The molecule has 1 heterocycles. The molecule has 0 saturated heterocycles. The molecule has 0 fully saturated rings. The number of urea groups is 1. The van der Waals surface area contributed by atoms with Crippen molar-refractivity contribution >= 4 is 29.9 Å². The van der Waals surface area contributed by atoms with Gasteiger partial charge in [0.2, 0.25) is 6.41 Å². The molecule has 1 aromatic rings. The van der Waals surface area contributed by atoms with Gasteiger partial charge >= 0.3 is 6.03 Å². The van der Waals surface area contributed by atoms with E-state index in [2.05, 4.69) is 16.0 Å². The second-order valence-corrected chi connectivity index (χ2v) is 6.68. The van der Waals surface area contributed by atoms with Crippen LogP contribution < -0.4 is 16.0 Å². The van der Waals surface area contributed by atoms with E-state index in [9.17, 15) is 19.2 Å². The summed E-state index contributed by atoms with van der Waals surface area (Å²) < 4.78 is 0. The van der Waals surface area contributed by atoms with Gasteiger partial charge < -0.3 is 16.0 Å². The van der Waals surface area contributed by atoms with Crippen molar-refractivity contribution in [2.24, 2.45) is 0 Å². The maximum Gasteiger partial charge on any atom is 0.319 e. The van der Waals surface area contributed by atoms with Gasteiger partial charge in [0.25, 0.3) is 11.8 Å². The zero-order valence-corrected chi connectivity index (χ0v) is 14.5. The van der Waals surface area contributed by atoms with E-state index in [-0.39, 0.29) is 17.4 Å². The lowest BCUT2D eigenvalue weighted by molar-refractivity contribution is -0.109. The van der Waals surface area contributed by atoms with Crippen LogP contribution in [-0.4, -0.2) is 47.8 Å². The van der Waals surface area contributed by atoms with Gasteiger partial charge in [0.05, 0.1) is 11.1 Å². The van der Waals surface area contributed by atoms with E-state index in [1.807, 2.05) is 0 Å². The zero-order chi connectivity index (χ0) is 18.6. The van der Waals surface area contributed by atoms with Crippen molar-refractivity contribution in [3.63, 3.8) is 0 Å². The number of imide groups is 1. The molecule has 0 unspecified atom stereocenters. The van der Waals surface area contributed by atoms with E-state index in [4.69, 9.17) is 0 Å². The summed E-state index contributed by atoms with van der Waals surface area (Å²) >= 11 is 0. The third kappa shape index (κ3) is 4.14. The van der Waals surface area contributed by atoms with E-state index in [0.29, 0.717) is 37.2 Å². The normalized spacial score (nSPS) is 13.5. The summed E-state index contributed by atoms with van der Waals surface area (Å²) in [7, 11) is 0. The highest BCUT2D eigenvalue weighted by Gasteiger charge is 2.41. The molecule has 0 radical (unpaired) electrons. The Kier molecular flexibility index (Phi) is 5.41. The Labute approximate surface area is 145 Å². The van der Waals surface area contributed by atoms with E-state index in [1.165, 1.54) is 11.0 Å². The van der Waals surface area contributed by atoms with Crippen molar-refractivity contribution in [1.82, 2.24) is 15.5 Å². The molecule has 1 aliphatic heterocycles. The summed E-state index contributed by atoms with van der Waals surface area (Å²) in [5.41, 5.74) is 0.436. The van der Waals surface area contributed by atoms with E-state index >= 15 is 0 Å². The number of nitrogens with zero attached hydrogens (tertiary/aromatic N) is 1. The van der Waals surface area contributed by atoms with Gasteiger partial charge in [-0.15, -0.1) is 0 Å². The number of fused-ring (bicyclic) bond motifs is 1. The van der Waals surface area contributed by atoms with E-state index < -0.39 is 11.6 Å². The van der Waals surface area contributed by atoms with Crippen molar-refractivity contribution < 1.29 is 19.2 Å². The minimum Gasteiger partial charge on any atom is -0.359 e. The van der Waals surface area contributed by atoms with Gasteiger partial charge in [0.15, 0.2) is 0 Å². The molecule has 5 amide bonds. The predicted octanol–water partition coefficient (Wildman–Crippen LogP) is 1.34. The summed E-state index contributed by atoms with van der Waals surface area (Å²) in [6, 6.07) is 4.22. The Morgan fingerprint density at radius 1 is 1.12 bits per heavy atom. The lowest BCUT2D eigenvalue weighted by Crippen LogP contribution is -2.45. The molecule has 1 aromatic carbocycles. The van der Waals surface area contributed by atoms with Gasteiger partial charge in [0, 0.05) is 24.3 Å². The molecule has 0 aliphatic carbocycles. The Bertz CT molecular complexity index is 709. The first kappa shape index (κ1) is 18.4. The summed E-state index contributed by atoms with van der Waals surface area (Å²) in [6.45, 7) is 6.25. The highest BCUT2D eigenvalue weighted by Crippen LogP contribution is 2.30. The monoisotopic (exact) mass is 346 g/mol. The largest absolute Gasteiger partial charge is 0.359 e. The molecule has 1 aliphatic rings. The average Bonchev–Trinajstić information content (AvgIpc) is 2.78. The summed E-state index contributed by atoms with van der Waals surface area (Å²) in [5.74, 6) is -0.692. The van der Waals surface area contributed by atoms with Crippen LogP contribution in [0.1, 0.15) is 47.9 Å². The van der Waals surface area contributed by atoms with Crippen molar-refractivity contribution in [1.29, 1.82) is 0 Å². The fourth-order valence-corrected chi connectivity index (χ4v) is 2.55. The average molecular weight is 346 g/mol. The molecular weight excluding hydrogens is 324 g/mol. The molecule has 3 N–H and O–H groups in total. The van der Waals surface area contributed by atoms with Crippen LogP contribution >= 0.6 is 0 Å². The van der Waals surface area contributed by atoms with Crippen LogP contribution in [0.15, 0.2) is 18.2 Å². The van der Waals surface area contributed by atoms with Gasteiger partial charge in [0.1, 0.15) is 0 Å². The van der Waals surface area contributed by atoms with Gasteiger partial charge in [-0.3, -0.25) is 19.3 Å². The van der Waals surface area contributed by atoms with Crippen LogP contribution in [0.25, 0.3) is 0 Å². The number of benzene rings is 1.